The van der Waals surface area contributed by atoms with Crippen molar-refractivity contribution >= 4 is 12.0 Å². The number of benzene rings is 2. The number of piperidine rings is 1. The number of hydrogen-bond acceptors (Lipinski definition) is 5. The normalized spacial score (nSPS) is 26.4. The second-order valence-corrected chi connectivity index (χ2v) is 10.1. The van der Waals surface area contributed by atoms with Gasteiger partial charge in [-0.05, 0) is 73.7 Å². The van der Waals surface area contributed by atoms with Gasteiger partial charge in [-0.3, -0.25) is 9.69 Å². The lowest BCUT2D eigenvalue weighted by Crippen LogP contribution is -2.67. The molecule has 2 fully saturated rings. The monoisotopic (exact) mass is 490 g/mol. The maximum atomic E-state index is 13.2. The van der Waals surface area contributed by atoms with Crippen LogP contribution in [0.15, 0.2) is 67.3 Å². The Morgan fingerprint density at radius 2 is 2.03 bits per heavy atom. The van der Waals surface area contributed by atoms with E-state index in [1.54, 1.807) is 26.4 Å². The van der Waals surface area contributed by atoms with Crippen LogP contribution in [0.3, 0.4) is 0 Å². The van der Waals surface area contributed by atoms with Gasteiger partial charge >= 0.3 is 0 Å². The Morgan fingerprint density at radius 1 is 1.22 bits per heavy atom. The number of likely N-dealkylation sites (tertiary alicyclic amines) is 1. The van der Waals surface area contributed by atoms with Crippen LogP contribution in [0.4, 0.5) is 0 Å². The quantitative estimate of drug-likeness (QED) is 0.432. The average molecular weight is 491 g/mol. The molecule has 0 aromatic heterocycles. The molecule has 0 bridgehead atoms. The SMILES string of the molecule is C=CCN1CC[C@@]2(c3cccc(O)c3)C[C@@H](N(C)C(=O)C=Cc3cccc(OC)c3)CC[C@]2(OC)C1. The molecule has 192 valence electrons. The maximum absolute atomic E-state index is 13.2. The molecule has 2 aliphatic rings. The summed E-state index contributed by atoms with van der Waals surface area (Å²) in [5.41, 5.74) is 1.29. The molecule has 36 heavy (non-hydrogen) atoms. The highest BCUT2D eigenvalue weighted by Crippen LogP contribution is 2.54. The topological polar surface area (TPSA) is 62.2 Å². The van der Waals surface area contributed by atoms with Gasteiger partial charge in [-0.15, -0.1) is 6.58 Å². The lowest BCUT2D eigenvalue weighted by molar-refractivity contribution is -0.157. The van der Waals surface area contributed by atoms with E-state index >= 15 is 0 Å². The first-order chi connectivity index (χ1) is 17.4. The fraction of sp³-hybridized carbons (Fsp3) is 0.433. The number of phenols is 1. The highest BCUT2D eigenvalue weighted by atomic mass is 16.5. The highest BCUT2D eigenvalue weighted by molar-refractivity contribution is 5.91. The molecule has 1 aliphatic carbocycles. The number of methoxy groups -OCH3 is 2. The predicted octanol–water partition coefficient (Wildman–Crippen LogP) is 4.64. The molecule has 1 heterocycles. The van der Waals surface area contributed by atoms with E-state index in [0.29, 0.717) is 0 Å². The number of ether oxygens (including phenoxy) is 2. The molecular formula is C30H38N2O4. The number of aromatic hydroxyl groups is 1. The van der Waals surface area contributed by atoms with Gasteiger partial charge in [0.25, 0.3) is 0 Å². The van der Waals surface area contributed by atoms with Crippen molar-refractivity contribution in [1.82, 2.24) is 9.80 Å². The van der Waals surface area contributed by atoms with Crippen molar-refractivity contribution in [2.75, 3.05) is 40.9 Å². The van der Waals surface area contributed by atoms with Gasteiger partial charge < -0.3 is 19.5 Å². The van der Waals surface area contributed by atoms with Gasteiger partial charge in [-0.2, -0.15) is 0 Å². The molecule has 1 N–H and O–H groups in total. The molecule has 1 amide bonds. The second-order valence-electron chi connectivity index (χ2n) is 10.1. The number of carbonyl (C=O) groups excluding carboxylic acids is 1. The van der Waals surface area contributed by atoms with Gasteiger partial charge in [0.05, 0.1) is 12.7 Å². The molecule has 3 atom stereocenters. The van der Waals surface area contributed by atoms with Gasteiger partial charge in [-0.25, -0.2) is 0 Å². The zero-order valence-electron chi connectivity index (χ0n) is 21.7. The molecular weight excluding hydrogens is 452 g/mol. The minimum Gasteiger partial charge on any atom is -0.508 e. The van der Waals surface area contributed by atoms with E-state index in [2.05, 4.69) is 17.5 Å². The summed E-state index contributed by atoms with van der Waals surface area (Å²) in [5.74, 6) is 0.994. The van der Waals surface area contributed by atoms with Crippen LogP contribution in [0.1, 0.15) is 36.8 Å². The van der Waals surface area contributed by atoms with E-state index in [1.807, 2.05) is 60.5 Å². The van der Waals surface area contributed by atoms with Crippen LogP contribution in [0, 0.1) is 0 Å². The predicted molar refractivity (Wildman–Crippen MR) is 143 cm³/mol. The lowest BCUT2D eigenvalue weighted by Gasteiger charge is -2.60. The molecule has 0 radical (unpaired) electrons. The van der Waals surface area contributed by atoms with Crippen molar-refractivity contribution in [3.8, 4) is 11.5 Å². The Balaban J connectivity index is 1.61. The Kier molecular flexibility index (Phi) is 7.86. The Labute approximate surface area is 214 Å². The summed E-state index contributed by atoms with van der Waals surface area (Å²) in [7, 11) is 5.34. The van der Waals surface area contributed by atoms with Gasteiger partial charge in [0.1, 0.15) is 11.5 Å². The van der Waals surface area contributed by atoms with Crippen molar-refractivity contribution in [2.24, 2.45) is 0 Å². The van der Waals surface area contributed by atoms with Crippen LogP contribution in [-0.4, -0.2) is 73.4 Å². The van der Waals surface area contributed by atoms with E-state index in [1.165, 1.54) is 0 Å². The first-order valence-electron chi connectivity index (χ1n) is 12.6. The summed E-state index contributed by atoms with van der Waals surface area (Å²) in [5, 5.41) is 10.4. The molecule has 1 saturated carbocycles. The minimum absolute atomic E-state index is 0.0251. The maximum Gasteiger partial charge on any atom is 0.246 e. The summed E-state index contributed by atoms with van der Waals surface area (Å²) in [6.07, 6.45) is 8.76. The summed E-state index contributed by atoms with van der Waals surface area (Å²) in [6.45, 7) is 6.45. The smallest absolute Gasteiger partial charge is 0.246 e. The van der Waals surface area contributed by atoms with Crippen LogP contribution in [0.2, 0.25) is 0 Å². The first kappa shape index (κ1) is 26.0. The number of likely N-dealkylation sites (N-methyl/N-ethyl adjacent to an activating group) is 1. The van der Waals surface area contributed by atoms with E-state index in [-0.39, 0.29) is 23.1 Å². The van der Waals surface area contributed by atoms with E-state index in [4.69, 9.17) is 9.47 Å². The molecule has 6 heteroatoms. The fourth-order valence-electron chi connectivity index (χ4n) is 6.25. The van der Waals surface area contributed by atoms with Crippen LogP contribution in [0.5, 0.6) is 11.5 Å². The molecule has 0 spiro atoms. The third-order valence-electron chi connectivity index (χ3n) is 8.26. The van der Waals surface area contributed by atoms with Crippen LogP contribution >= 0.6 is 0 Å². The number of nitrogens with zero attached hydrogens (tertiary/aromatic N) is 2. The Hall–Kier alpha value is -3.09. The van der Waals surface area contributed by atoms with Crippen molar-refractivity contribution < 1.29 is 19.4 Å². The zero-order chi connectivity index (χ0) is 25.8. The number of fused-ring (bicyclic) bond motifs is 1. The van der Waals surface area contributed by atoms with Crippen LogP contribution < -0.4 is 4.74 Å². The molecule has 6 nitrogen and oxygen atoms in total. The minimum atomic E-state index is -0.404. The van der Waals surface area contributed by atoms with Gasteiger partial charge in [-0.1, -0.05) is 30.3 Å². The largest absolute Gasteiger partial charge is 0.508 e. The fourth-order valence-corrected chi connectivity index (χ4v) is 6.25. The van der Waals surface area contributed by atoms with Gasteiger partial charge in [0.2, 0.25) is 5.91 Å². The third kappa shape index (κ3) is 4.93. The standard InChI is InChI=1S/C30H38N2O4/c1-5-17-32-18-16-29(24-9-7-10-26(33)20-24)21-25(14-15-30(29,22-32)36-4)31(2)28(34)13-12-23-8-6-11-27(19-23)35-3/h5-13,19-20,25,33H,1,14-18,21-22H2,2-4H3/t25-,29-,30-/m0/s1. The molecule has 1 aliphatic heterocycles. The molecule has 4 rings (SSSR count). The average Bonchev–Trinajstić information content (AvgIpc) is 2.91. The third-order valence-corrected chi connectivity index (χ3v) is 8.26. The van der Waals surface area contributed by atoms with Crippen molar-refractivity contribution in [2.45, 2.75) is 42.7 Å². The van der Waals surface area contributed by atoms with Gasteiger partial charge in [0, 0.05) is 44.8 Å². The first-order valence-corrected chi connectivity index (χ1v) is 12.6. The Bertz CT molecular complexity index is 1120. The lowest BCUT2D eigenvalue weighted by atomic mass is 9.55. The van der Waals surface area contributed by atoms with Crippen LogP contribution in [0.25, 0.3) is 6.08 Å². The Morgan fingerprint density at radius 3 is 2.75 bits per heavy atom. The van der Waals surface area contributed by atoms with Crippen molar-refractivity contribution in [3.63, 3.8) is 0 Å². The summed E-state index contributed by atoms with van der Waals surface area (Å²) in [6, 6.07) is 15.3. The van der Waals surface area contributed by atoms with Gasteiger partial charge in [0.15, 0.2) is 0 Å². The number of carbonyl (C=O) groups is 1. The van der Waals surface area contributed by atoms with Crippen molar-refractivity contribution in [3.05, 3.63) is 78.4 Å². The van der Waals surface area contributed by atoms with Crippen LogP contribution in [-0.2, 0) is 14.9 Å². The van der Waals surface area contributed by atoms with E-state index < -0.39 is 5.60 Å². The molecule has 1 saturated heterocycles. The van der Waals surface area contributed by atoms with Crippen molar-refractivity contribution in [1.29, 1.82) is 0 Å². The summed E-state index contributed by atoms with van der Waals surface area (Å²) in [4.78, 5) is 17.5. The summed E-state index contributed by atoms with van der Waals surface area (Å²) < 4.78 is 11.7. The number of hydrogen-bond donors (Lipinski definition) is 1. The molecule has 0 unspecified atom stereocenters. The van der Waals surface area contributed by atoms with E-state index in [0.717, 1.165) is 62.2 Å². The number of amides is 1. The number of rotatable bonds is 8. The summed E-state index contributed by atoms with van der Waals surface area (Å²) >= 11 is 0. The second kappa shape index (κ2) is 10.9. The van der Waals surface area contributed by atoms with E-state index in [9.17, 15) is 9.90 Å². The zero-order valence-corrected chi connectivity index (χ0v) is 21.7. The highest BCUT2D eigenvalue weighted by Gasteiger charge is 2.59. The molecule has 2 aromatic rings. The number of phenolic OH excluding ortho intramolecular Hbond substituents is 1. The molecule has 2 aromatic carbocycles.